The van der Waals surface area contributed by atoms with Gasteiger partial charge in [0.1, 0.15) is 0 Å². The van der Waals surface area contributed by atoms with Gasteiger partial charge in [0.2, 0.25) is 0 Å². The largest absolute Gasteiger partial charge is 0.416 e. The number of carbonyl (C=O) groups is 1. The average Bonchev–Trinajstić information content (AvgIpc) is 3.27. The van der Waals surface area contributed by atoms with Crippen molar-refractivity contribution in [2.24, 2.45) is 0 Å². The fourth-order valence-corrected chi connectivity index (χ4v) is 5.26. The molecule has 0 radical (unpaired) electrons. The summed E-state index contributed by atoms with van der Waals surface area (Å²) in [7, 11) is 0. The van der Waals surface area contributed by atoms with Crippen LogP contribution in [0.3, 0.4) is 0 Å². The van der Waals surface area contributed by atoms with Gasteiger partial charge in [0.05, 0.1) is 15.8 Å². The summed E-state index contributed by atoms with van der Waals surface area (Å²) in [6.45, 7) is 2.80. The zero-order valence-electron chi connectivity index (χ0n) is 19.4. The number of benzene rings is 3. The van der Waals surface area contributed by atoms with Crippen LogP contribution in [-0.4, -0.2) is 34.9 Å². The van der Waals surface area contributed by atoms with Crippen LogP contribution in [0.25, 0.3) is 10.2 Å². The number of carbonyl (C=O) groups excluding carboxylic acids is 1. The van der Waals surface area contributed by atoms with E-state index in [1.807, 2.05) is 12.1 Å². The lowest BCUT2D eigenvalue weighted by Gasteiger charge is -2.32. The Morgan fingerprint density at radius 3 is 2.42 bits per heavy atom. The number of piperidine rings is 1. The third-order valence-electron chi connectivity index (χ3n) is 6.29. The molecule has 0 atom stereocenters. The number of hydrogen-bond donors (Lipinski definition) is 2. The molecular formula is C27H25F3N4OS. The molecule has 0 spiro atoms. The second-order valence-electron chi connectivity index (χ2n) is 8.91. The number of thiazole rings is 1. The van der Waals surface area contributed by atoms with E-state index in [2.05, 4.69) is 44.8 Å². The second-order valence-corrected chi connectivity index (χ2v) is 9.94. The van der Waals surface area contributed by atoms with E-state index >= 15 is 0 Å². The average molecular weight is 511 g/mol. The van der Waals surface area contributed by atoms with Crippen LogP contribution in [0.2, 0.25) is 0 Å². The van der Waals surface area contributed by atoms with Crippen molar-refractivity contribution in [2.75, 3.05) is 18.4 Å². The lowest BCUT2D eigenvalue weighted by Crippen LogP contribution is -2.44. The molecule has 4 aromatic rings. The minimum Gasteiger partial charge on any atom is -0.349 e. The van der Waals surface area contributed by atoms with Gasteiger partial charge in [0.15, 0.2) is 5.13 Å². The topological polar surface area (TPSA) is 57.3 Å². The first-order valence-electron chi connectivity index (χ1n) is 11.8. The number of hydrogen-bond acceptors (Lipinski definition) is 5. The second kappa shape index (κ2) is 10.3. The van der Waals surface area contributed by atoms with Crippen LogP contribution in [0.15, 0.2) is 72.8 Å². The molecule has 1 amide bonds. The monoisotopic (exact) mass is 510 g/mol. The van der Waals surface area contributed by atoms with Gasteiger partial charge in [-0.3, -0.25) is 9.69 Å². The van der Waals surface area contributed by atoms with Crippen molar-refractivity contribution in [3.05, 3.63) is 89.5 Å². The summed E-state index contributed by atoms with van der Waals surface area (Å²) in [5.74, 6) is -0.107. The number of aromatic nitrogens is 1. The molecule has 5 nitrogen and oxygen atoms in total. The Morgan fingerprint density at radius 2 is 1.72 bits per heavy atom. The van der Waals surface area contributed by atoms with Crippen molar-refractivity contribution < 1.29 is 18.0 Å². The number of rotatable bonds is 6. The maximum atomic E-state index is 12.9. The maximum absolute atomic E-state index is 12.9. The third kappa shape index (κ3) is 5.85. The standard InChI is InChI=1S/C27H25F3N4OS/c28-27(29,30)20-7-9-21(10-8-20)32-26-33-23-11-6-19(16-24(23)36-26)25(35)31-22-12-14-34(15-13-22)17-18-4-2-1-3-5-18/h1-11,16,22H,12-15,17H2,(H,31,35)(H,32,33). The molecule has 9 heteroatoms. The van der Waals surface area contributed by atoms with Crippen LogP contribution in [-0.2, 0) is 12.7 Å². The molecule has 1 aliphatic rings. The van der Waals surface area contributed by atoms with Crippen LogP contribution in [0.4, 0.5) is 24.0 Å². The number of nitrogens with one attached hydrogen (secondary N) is 2. The molecule has 5 rings (SSSR count). The molecule has 1 saturated heterocycles. The zero-order chi connectivity index (χ0) is 25.1. The molecule has 186 valence electrons. The molecule has 2 heterocycles. The first-order valence-corrected chi connectivity index (χ1v) is 12.6. The smallest absolute Gasteiger partial charge is 0.349 e. The van der Waals surface area contributed by atoms with Crippen molar-refractivity contribution in [3.63, 3.8) is 0 Å². The van der Waals surface area contributed by atoms with Crippen molar-refractivity contribution in [3.8, 4) is 0 Å². The highest BCUT2D eigenvalue weighted by Crippen LogP contribution is 2.32. The highest BCUT2D eigenvalue weighted by Gasteiger charge is 2.30. The van der Waals surface area contributed by atoms with Gasteiger partial charge in [0.25, 0.3) is 5.91 Å². The van der Waals surface area contributed by atoms with Gasteiger partial charge in [0, 0.05) is 36.9 Å². The minimum absolute atomic E-state index is 0.107. The summed E-state index contributed by atoms with van der Waals surface area (Å²) in [6, 6.07) is 20.7. The molecule has 2 N–H and O–H groups in total. The number of halogens is 3. The van der Waals surface area contributed by atoms with Gasteiger partial charge in [-0.2, -0.15) is 13.2 Å². The highest BCUT2D eigenvalue weighted by molar-refractivity contribution is 7.22. The highest BCUT2D eigenvalue weighted by atomic mass is 32.1. The number of fused-ring (bicyclic) bond motifs is 1. The fourth-order valence-electron chi connectivity index (χ4n) is 4.33. The van der Waals surface area contributed by atoms with E-state index in [-0.39, 0.29) is 11.9 Å². The third-order valence-corrected chi connectivity index (χ3v) is 7.22. The van der Waals surface area contributed by atoms with Crippen molar-refractivity contribution in [1.29, 1.82) is 0 Å². The van der Waals surface area contributed by atoms with Crippen LogP contribution in [0, 0.1) is 0 Å². The molecule has 36 heavy (non-hydrogen) atoms. The number of anilines is 2. The zero-order valence-corrected chi connectivity index (χ0v) is 20.2. The lowest BCUT2D eigenvalue weighted by atomic mass is 10.0. The SMILES string of the molecule is O=C(NC1CCN(Cc2ccccc2)CC1)c1ccc2nc(Nc3ccc(C(F)(F)F)cc3)sc2c1. The summed E-state index contributed by atoms with van der Waals surface area (Å²) in [5.41, 5.74) is 2.40. The summed E-state index contributed by atoms with van der Waals surface area (Å²) < 4.78 is 39.1. The summed E-state index contributed by atoms with van der Waals surface area (Å²) in [5, 5.41) is 6.75. The fraction of sp³-hybridized carbons (Fsp3) is 0.259. The van der Waals surface area contributed by atoms with E-state index in [1.54, 1.807) is 12.1 Å². The number of alkyl halides is 3. The Balaban J connectivity index is 1.17. The van der Waals surface area contributed by atoms with Crippen LogP contribution in [0.5, 0.6) is 0 Å². The lowest BCUT2D eigenvalue weighted by molar-refractivity contribution is -0.137. The van der Waals surface area contributed by atoms with Crippen LogP contribution in [0.1, 0.15) is 34.3 Å². The predicted molar refractivity (Wildman–Crippen MR) is 137 cm³/mol. The van der Waals surface area contributed by atoms with E-state index in [1.165, 1.54) is 29.0 Å². The Hall–Kier alpha value is -3.43. The number of nitrogens with zero attached hydrogens (tertiary/aromatic N) is 2. The first-order chi connectivity index (χ1) is 17.3. The van der Waals surface area contributed by atoms with E-state index in [0.717, 1.165) is 54.8 Å². The molecule has 1 aromatic heterocycles. The van der Waals surface area contributed by atoms with Crippen molar-refractivity contribution in [1.82, 2.24) is 15.2 Å². The van der Waals surface area contributed by atoms with Gasteiger partial charge in [-0.15, -0.1) is 0 Å². The van der Waals surface area contributed by atoms with Gasteiger partial charge in [-0.1, -0.05) is 41.7 Å². The quantitative estimate of drug-likeness (QED) is 0.313. The van der Waals surface area contributed by atoms with E-state index in [0.29, 0.717) is 16.4 Å². The number of likely N-dealkylation sites (tertiary alicyclic amines) is 1. The van der Waals surface area contributed by atoms with Gasteiger partial charge in [-0.25, -0.2) is 4.98 Å². The molecule has 1 aliphatic heterocycles. The van der Waals surface area contributed by atoms with E-state index in [9.17, 15) is 18.0 Å². The molecule has 3 aromatic carbocycles. The molecule has 1 fully saturated rings. The van der Waals surface area contributed by atoms with Crippen molar-refractivity contribution >= 4 is 38.3 Å². The van der Waals surface area contributed by atoms with Crippen LogP contribution < -0.4 is 10.6 Å². The Labute approximate surface area is 211 Å². The molecule has 0 aliphatic carbocycles. The Kier molecular flexibility index (Phi) is 6.93. The van der Waals surface area contributed by atoms with Crippen molar-refractivity contribution in [2.45, 2.75) is 31.6 Å². The molecular weight excluding hydrogens is 485 g/mol. The number of amides is 1. The van der Waals surface area contributed by atoms with E-state index < -0.39 is 11.7 Å². The van der Waals surface area contributed by atoms with Gasteiger partial charge >= 0.3 is 6.18 Å². The normalized spacial score (nSPS) is 15.2. The van der Waals surface area contributed by atoms with E-state index in [4.69, 9.17) is 0 Å². The predicted octanol–water partition coefficient (Wildman–Crippen LogP) is 6.45. The van der Waals surface area contributed by atoms with Gasteiger partial charge < -0.3 is 10.6 Å². The Morgan fingerprint density at radius 1 is 1.00 bits per heavy atom. The summed E-state index contributed by atoms with van der Waals surface area (Å²) in [6.07, 6.45) is -2.56. The van der Waals surface area contributed by atoms with Gasteiger partial charge in [-0.05, 0) is 60.9 Å². The first kappa shape index (κ1) is 24.3. The maximum Gasteiger partial charge on any atom is 0.416 e. The van der Waals surface area contributed by atoms with Crippen LogP contribution >= 0.6 is 11.3 Å². The summed E-state index contributed by atoms with van der Waals surface area (Å²) >= 11 is 1.35. The summed E-state index contributed by atoms with van der Waals surface area (Å²) in [4.78, 5) is 19.8. The molecule has 0 saturated carbocycles. The Bertz CT molecular complexity index is 1330. The molecule has 0 bridgehead atoms. The minimum atomic E-state index is -4.37. The molecule has 0 unspecified atom stereocenters.